The summed E-state index contributed by atoms with van der Waals surface area (Å²) in [5.74, 6) is 0.761. The number of piperidine rings is 1. The van der Waals surface area contributed by atoms with Gasteiger partial charge in [0.1, 0.15) is 24.0 Å². The highest BCUT2D eigenvalue weighted by atomic mass is 19.1. The number of aromatic nitrogens is 3. The van der Waals surface area contributed by atoms with E-state index in [4.69, 9.17) is 0 Å². The first-order chi connectivity index (χ1) is 8.33. The zero-order chi connectivity index (χ0) is 11.7. The molecule has 1 fully saturated rings. The van der Waals surface area contributed by atoms with Crippen molar-refractivity contribution >= 4 is 16.9 Å². The summed E-state index contributed by atoms with van der Waals surface area (Å²) < 4.78 is 13.2. The van der Waals surface area contributed by atoms with Gasteiger partial charge in [0.25, 0.3) is 0 Å². The van der Waals surface area contributed by atoms with Crippen molar-refractivity contribution in [1.29, 1.82) is 0 Å². The Labute approximate surface area is 97.8 Å². The second-order valence-corrected chi connectivity index (χ2v) is 4.29. The molecule has 1 aliphatic rings. The Morgan fingerprint density at radius 2 is 2.29 bits per heavy atom. The molecular weight excluding hydrogens is 221 g/mol. The number of rotatable bonds is 2. The molecule has 0 unspecified atom stereocenters. The quantitative estimate of drug-likeness (QED) is 0.728. The van der Waals surface area contributed by atoms with Crippen LogP contribution in [0.5, 0.6) is 0 Å². The molecule has 0 bridgehead atoms. The van der Waals surface area contributed by atoms with Crippen LogP contribution in [0.4, 0.5) is 10.2 Å². The second kappa shape index (κ2) is 4.29. The van der Waals surface area contributed by atoms with Crippen LogP contribution in [-0.4, -0.2) is 40.3 Å². The molecule has 90 valence electrons. The Kier molecular flexibility index (Phi) is 2.64. The third kappa shape index (κ3) is 2.08. The van der Waals surface area contributed by atoms with E-state index in [1.807, 2.05) is 12.3 Å². The lowest BCUT2D eigenvalue weighted by atomic mass is 10.1. The van der Waals surface area contributed by atoms with Gasteiger partial charge in [-0.3, -0.25) is 0 Å². The van der Waals surface area contributed by atoms with Crippen LogP contribution in [0.15, 0.2) is 18.6 Å². The summed E-state index contributed by atoms with van der Waals surface area (Å²) in [5, 5.41) is 7.26. The number of anilines is 1. The molecule has 0 aliphatic carbocycles. The van der Waals surface area contributed by atoms with Gasteiger partial charge in [0.2, 0.25) is 0 Å². The molecule has 0 amide bonds. The standard InChI is InChI=1S/C11H14FN5/c12-7-3-8(5-13-4-7)17-11-9-1-2-14-10(9)15-6-16-11/h1-2,6-8,13H,3-5H2,(H2,14,15,16,17)/t7-,8-/m1/s1. The molecule has 6 heteroatoms. The van der Waals surface area contributed by atoms with Crippen molar-refractivity contribution in [3.63, 3.8) is 0 Å². The number of aromatic amines is 1. The molecule has 2 aromatic heterocycles. The van der Waals surface area contributed by atoms with Crippen LogP contribution >= 0.6 is 0 Å². The van der Waals surface area contributed by atoms with Crippen molar-refractivity contribution in [3.05, 3.63) is 18.6 Å². The Morgan fingerprint density at radius 1 is 1.35 bits per heavy atom. The number of hydrogen-bond donors (Lipinski definition) is 3. The molecule has 17 heavy (non-hydrogen) atoms. The van der Waals surface area contributed by atoms with Crippen LogP contribution in [0.1, 0.15) is 6.42 Å². The van der Waals surface area contributed by atoms with E-state index in [9.17, 15) is 4.39 Å². The molecule has 1 saturated heterocycles. The largest absolute Gasteiger partial charge is 0.365 e. The number of nitrogens with zero attached hydrogens (tertiary/aromatic N) is 2. The van der Waals surface area contributed by atoms with E-state index in [0.29, 0.717) is 13.0 Å². The Balaban J connectivity index is 1.82. The third-order valence-corrected chi connectivity index (χ3v) is 2.99. The number of H-pyrrole nitrogens is 1. The molecular formula is C11H14FN5. The summed E-state index contributed by atoms with van der Waals surface area (Å²) in [6.45, 7) is 1.21. The van der Waals surface area contributed by atoms with Gasteiger partial charge in [0.05, 0.1) is 5.39 Å². The van der Waals surface area contributed by atoms with Gasteiger partial charge in [0, 0.05) is 31.7 Å². The minimum atomic E-state index is -0.787. The molecule has 3 rings (SSSR count). The summed E-state index contributed by atoms with van der Waals surface area (Å²) in [6, 6.07) is 1.99. The monoisotopic (exact) mass is 235 g/mol. The first kappa shape index (κ1) is 10.5. The highest BCUT2D eigenvalue weighted by Crippen LogP contribution is 2.20. The van der Waals surface area contributed by atoms with Gasteiger partial charge < -0.3 is 15.6 Å². The van der Waals surface area contributed by atoms with Crippen molar-refractivity contribution in [3.8, 4) is 0 Å². The van der Waals surface area contributed by atoms with E-state index >= 15 is 0 Å². The van der Waals surface area contributed by atoms with Crippen molar-refractivity contribution < 1.29 is 4.39 Å². The van der Waals surface area contributed by atoms with Crippen molar-refractivity contribution in [2.75, 3.05) is 18.4 Å². The molecule has 3 N–H and O–H groups in total. The topological polar surface area (TPSA) is 65.6 Å². The number of hydrogen-bond acceptors (Lipinski definition) is 4. The van der Waals surface area contributed by atoms with Crippen LogP contribution in [0.2, 0.25) is 0 Å². The molecule has 2 atom stereocenters. The minimum Gasteiger partial charge on any atom is -0.365 e. The molecule has 5 nitrogen and oxygen atoms in total. The van der Waals surface area contributed by atoms with Gasteiger partial charge in [-0.15, -0.1) is 0 Å². The molecule has 0 aromatic carbocycles. The lowest BCUT2D eigenvalue weighted by Gasteiger charge is -2.26. The van der Waals surface area contributed by atoms with Crippen LogP contribution in [0, 0.1) is 0 Å². The zero-order valence-corrected chi connectivity index (χ0v) is 9.28. The first-order valence-corrected chi connectivity index (χ1v) is 5.72. The zero-order valence-electron chi connectivity index (χ0n) is 9.28. The molecule has 0 saturated carbocycles. The lowest BCUT2D eigenvalue weighted by Crippen LogP contribution is -2.44. The first-order valence-electron chi connectivity index (χ1n) is 5.72. The van der Waals surface area contributed by atoms with Crippen LogP contribution in [0.25, 0.3) is 11.0 Å². The molecule has 2 aromatic rings. The van der Waals surface area contributed by atoms with Crippen molar-refractivity contribution in [2.45, 2.75) is 18.6 Å². The fraction of sp³-hybridized carbons (Fsp3) is 0.455. The van der Waals surface area contributed by atoms with Gasteiger partial charge in [-0.05, 0) is 6.07 Å². The van der Waals surface area contributed by atoms with E-state index < -0.39 is 6.17 Å². The molecule has 0 radical (unpaired) electrons. The highest BCUT2D eigenvalue weighted by Gasteiger charge is 2.21. The van der Waals surface area contributed by atoms with E-state index in [2.05, 4.69) is 25.6 Å². The minimum absolute atomic E-state index is 0.0757. The summed E-state index contributed by atoms with van der Waals surface area (Å²) in [7, 11) is 0. The highest BCUT2D eigenvalue weighted by molar-refractivity contribution is 5.86. The van der Waals surface area contributed by atoms with E-state index in [-0.39, 0.29) is 6.04 Å². The normalized spacial score (nSPS) is 25.0. The summed E-state index contributed by atoms with van der Waals surface area (Å²) >= 11 is 0. The van der Waals surface area contributed by atoms with E-state index in [1.54, 1.807) is 0 Å². The Hall–Kier alpha value is -1.69. The lowest BCUT2D eigenvalue weighted by molar-refractivity contribution is 0.255. The van der Waals surface area contributed by atoms with Gasteiger partial charge in [-0.25, -0.2) is 14.4 Å². The number of halogens is 1. The third-order valence-electron chi connectivity index (χ3n) is 2.99. The van der Waals surface area contributed by atoms with Gasteiger partial charge in [-0.1, -0.05) is 0 Å². The predicted octanol–water partition coefficient (Wildman–Crippen LogP) is 1.07. The van der Waals surface area contributed by atoms with Gasteiger partial charge in [0.15, 0.2) is 0 Å². The summed E-state index contributed by atoms with van der Waals surface area (Å²) in [5.41, 5.74) is 0.795. The van der Waals surface area contributed by atoms with Crippen LogP contribution in [-0.2, 0) is 0 Å². The maximum Gasteiger partial charge on any atom is 0.142 e. The molecule has 3 heterocycles. The van der Waals surface area contributed by atoms with Crippen LogP contribution < -0.4 is 10.6 Å². The van der Waals surface area contributed by atoms with Gasteiger partial charge in [-0.2, -0.15) is 0 Å². The number of nitrogens with one attached hydrogen (secondary N) is 3. The SMILES string of the molecule is F[C@H]1CNC[C@H](Nc2ncnc3[nH]ccc23)C1. The summed E-state index contributed by atoms with van der Waals surface area (Å²) in [4.78, 5) is 11.3. The average molecular weight is 235 g/mol. The van der Waals surface area contributed by atoms with Crippen molar-refractivity contribution in [2.24, 2.45) is 0 Å². The van der Waals surface area contributed by atoms with E-state index in [1.165, 1.54) is 6.33 Å². The van der Waals surface area contributed by atoms with Crippen molar-refractivity contribution in [1.82, 2.24) is 20.3 Å². The maximum absolute atomic E-state index is 13.2. The second-order valence-electron chi connectivity index (χ2n) is 4.29. The average Bonchev–Trinajstić information content (AvgIpc) is 2.78. The maximum atomic E-state index is 13.2. The summed E-state index contributed by atoms with van der Waals surface area (Å²) in [6.07, 6.45) is 3.05. The van der Waals surface area contributed by atoms with Gasteiger partial charge >= 0.3 is 0 Å². The molecule has 0 spiro atoms. The predicted molar refractivity (Wildman–Crippen MR) is 63.7 cm³/mol. The van der Waals surface area contributed by atoms with E-state index in [0.717, 1.165) is 23.4 Å². The number of alkyl halides is 1. The Bertz CT molecular complexity index is 511. The Morgan fingerprint density at radius 3 is 3.18 bits per heavy atom. The van der Waals surface area contributed by atoms with Crippen LogP contribution in [0.3, 0.4) is 0 Å². The molecule has 1 aliphatic heterocycles. The smallest absolute Gasteiger partial charge is 0.142 e. The fourth-order valence-corrected chi connectivity index (χ4v) is 2.18. The fourth-order valence-electron chi connectivity index (χ4n) is 2.18. The number of fused-ring (bicyclic) bond motifs is 1.